The zero-order valence-corrected chi connectivity index (χ0v) is 15.5. The fourth-order valence-corrected chi connectivity index (χ4v) is 4.28. The van der Waals surface area contributed by atoms with Crippen LogP contribution >= 0.6 is 11.3 Å². The first-order chi connectivity index (χ1) is 12.7. The van der Waals surface area contributed by atoms with E-state index in [1.165, 1.54) is 4.88 Å². The minimum atomic E-state index is 0.0254. The van der Waals surface area contributed by atoms with E-state index in [1.807, 2.05) is 12.1 Å². The highest BCUT2D eigenvalue weighted by Crippen LogP contribution is 2.32. The van der Waals surface area contributed by atoms with Gasteiger partial charge >= 0.3 is 0 Å². The van der Waals surface area contributed by atoms with Gasteiger partial charge in [0.25, 0.3) is 0 Å². The largest absolute Gasteiger partial charge is 0.356 e. The summed E-state index contributed by atoms with van der Waals surface area (Å²) >= 11 is 1.73. The Bertz CT molecular complexity index is 903. The van der Waals surface area contributed by atoms with Crippen LogP contribution in [0.4, 0.5) is 11.5 Å². The van der Waals surface area contributed by atoms with E-state index in [0.717, 1.165) is 54.1 Å². The maximum absolute atomic E-state index is 12.5. The van der Waals surface area contributed by atoms with Gasteiger partial charge in [0, 0.05) is 30.1 Å². The van der Waals surface area contributed by atoms with Crippen LogP contribution in [-0.2, 0) is 11.2 Å². The summed E-state index contributed by atoms with van der Waals surface area (Å²) in [5.74, 6) is 1.10. The Morgan fingerprint density at radius 3 is 2.92 bits per heavy atom. The summed E-state index contributed by atoms with van der Waals surface area (Å²) in [6.07, 6.45) is 7.67. The van der Waals surface area contributed by atoms with Crippen molar-refractivity contribution in [3.8, 4) is 0 Å². The first-order valence-electron chi connectivity index (χ1n) is 8.94. The fourth-order valence-electron chi connectivity index (χ4n) is 3.35. The maximum atomic E-state index is 12.5. The van der Waals surface area contributed by atoms with Crippen LogP contribution in [0.5, 0.6) is 0 Å². The summed E-state index contributed by atoms with van der Waals surface area (Å²) in [5.41, 5.74) is 0.753. The molecule has 7 heteroatoms. The number of carbonyl (C=O) groups excluding carboxylic acids is 1. The van der Waals surface area contributed by atoms with Crippen LogP contribution in [0.3, 0.4) is 0 Å². The number of amides is 1. The minimum Gasteiger partial charge on any atom is -0.356 e. The van der Waals surface area contributed by atoms with Crippen LogP contribution in [-0.4, -0.2) is 33.9 Å². The lowest BCUT2D eigenvalue weighted by Gasteiger charge is -2.32. The molecule has 6 nitrogen and oxygen atoms in total. The Labute approximate surface area is 156 Å². The quantitative estimate of drug-likeness (QED) is 0.764. The number of aryl methyl sites for hydroxylation is 1. The molecule has 0 bridgehead atoms. The molecule has 1 amide bonds. The topological polar surface area (TPSA) is 71.0 Å². The lowest BCUT2D eigenvalue weighted by molar-refractivity contribution is -0.120. The van der Waals surface area contributed by atoms with Gasteiger partial charge in [-0.1, -0.05) is 6.92 Å². The molecule has 1 aliphatic rings. The molecule has 1 N–H and O–H groups in total. The van der Waals surface area contributed by atoms with E-state index in [-0.39, 0.29) is 11.8 Å². The molecule has 0 radical (unpaired) electrons. The first-order valence-corrected chi connectivity index (χ1v) is 9.75. The number of carbonyl (C=O) groups is 1. The highest BCUT2D eigenvalue weighted by Gasteiger charge is 2.26. The SMILES string of the molecule is CCc1cc2c(N3CCC(C(=O)Nc4cccnc4)CC3)ncnc2s1. The number of piperidine rings is 1. The molecule has 0 atom stereocenters. The van der Waals surface area contributed by atoms with Gasteiger partial charge in [-0.3, -0.25) is 9.78 Å². The molecule has 0 aliphatic carbocycles. The second-order valence-electron chi connectivity index (χ2n) is 6.47. The molecule has 4 heterocycles. The van der Waals surface area contributed by atoms with E-state index in [0.29, 0.717) is 0 Å². The number of aromatic nitrogens is 3. The number of thiophene rings is 1. The Morgan fingerprint density at radius 1 is 1.35 bits per heavy atom. The van der Waals surface area contributed by atoms with Gasteiger partial charge in [0.15, 0.2) is 0 Å². The second kappa shape index (κ2) is 7.37. The minimum absolute atomic E-state index is 0.0254. The second-order valence-corrected chi connectivity index (χ2v) is 7.59. The van der Waals surface area contributed by atoms with Crippen molar-refractivity contribution in [2.75, 3.05) is 23.3 Å². The highest BCUT2D eigenvalue weighted by molar-refractivity contribution is 7.18. The summed E-state index contributed by atoms with van der Waals surface area (Å²) in [7, 11) is 0. The summed E-state index contributed by atoms with van der Waals surface area (Å²) in [4.78, 5) is 30.1. The lowest BCUT2D eigenvalue weighted by atomic mass is 9.95. The molecular weight excluding hydrogens is 346 g/mol. The number of nitrogens with one attached hydrogen (secondary N) is 1. The Hall–Kier alpha value is -2.54. The number of pyridine rings is 1. The molecule has 0 aromatic carbocycles. The van der Waals surface area contributed by atoms with Crippen molar-refractivity contribution in [1.82, 2.24) is 15.0 Å². The smallest absolute Gasteiger partial charge is 0.227 e. The van der Waals surface area contributed by atoms with E-state index in [2.05, 4.69) is 38.2 Å². The summed E-state index contributed by atoms with van der Waals surface area (Å²) in [6.45, 7) is 3.81. The Balaban J connectivity index is 1.44. The predicted molar refractivity (Wildman–Crippen MR) is 105 cm³/mol. The van der Waals surface area contributed by atoms with Crippen molar-refractivity contribution >= 4 is 39.0 Å². The highest BCUT2D eigenvalue weighted by atomic mass is 32.1. The van der Waals surface area contributed by atoms with Gasteiger partial charge in [-0.25, -0.2) is 9.97 Å². The van der Waals surface area contributed by atoms with Crippen molar-refractivity contribution in [2.45, 2.75) is 26.2 Å². The fraction of sp³-hybridized carbons (Fsp3) is 0.368. The molecule has 0 spiro atoms. The van der Waals surface area contributed by atoms with Gasteiger partial charge in [-0.05, 0) is 37.5 Å². The molecule has 26 heavy (non-hydrogen) atoms. The van der Waals surface area contributed by atoms with Gasteiger partial charge in [0.05, 0.1) is 17.3 Å². The third kappa shape index (κ3) is 3.39. The third-order valence-corrected chi connectivity index (χ3v) is 5.99. The summed E-state index contributed by atoms with van der Waals surface area (Å²) in [5, 5.41) is 4.09. The van der Waals surface area contributed by atoms with Gasteiger partial charge in [0.1, 0.15) is 17.0 Å². The van der Waals surface area contributed by atoms with Crippen molar-refractivity contribution < 1.29 is 4.79 Å². The molecule has 3 aromatic rings. The predicted octanol–water partition coefficient (Wildman–Crippen LogP) is 3.50. The van der Waals surface area contributed by atoms with Crippen molar-refractivity contribution in [2.24, 2.45) is 5.92 Å². The lowest BCUT2D eigenvalue weighted by Crippen LogP contribution is -2.38. The van der Waals surface area contributed by atoms with E-state index in [1.54, 1.807) is 30.1 Å². The molecule has 3 aromatic heterocycles. The van der Waals surface area contributed by atoms with Gasteiger partial charge in [-0.2, -0.15) is 0 Å². The average molecular weight is 367 g/mol. The van der Waals surface area contributed by atoms with E-state index in [9.17, 15) is 4.79 Å². The first kappa shape index (κ1) is 16.9. The number of fused-ring (bicyclic) bond motifs is 1. The molecule has 134 valence electrons. The van der Waals surface area contributed by atoms with Crippen LogP contribution in [0.15, 0.2) is 36.9 Å². The third-order valence-electron chi connectivity index (χ3n) is 4.80. The molecule has 1 saturated heterocycles. The monoisotopic (exact) mass is 367 g/mol. The number of nitrogens with zero attached hydrogens (tertiary/aromatic N) is 4. The average Bonchev–Trinajstić information content (AvgIpc) is 3.12. The van der Waals surface area contributed by atoms with Gasteiger partial charge in [-0.15, -0.1) is 11.3 Å². The molecule has 0 saturated carbocycles. The number of hydrogen-bond acceptors (Lipinski definition) is 6. The zero-order valence-electron chi connectivity index (χ0n) is 14.7. The number of hydrogen-bond donors (Lipinski definition) is 1. The van der Waals surface area contributed by atoms with E-state index >= 15 is 0 Å². The molecule has 1 fully saturated rings. The van der Waals surface area contributed by atoms with E-state index < -0.39 is 0 Å². The molecule has 4 rings (SSSR count). The Kier molecular flexibility index (Phi) is 4.79. The Morgan fingerprint density at radius 2 is 2.19 bits per heavy atom. The summed E-state index contributed by atoms with van der Waals surface area (Å²) < 4.78 is 0. The van der Waals surface area contributed by atoms with E-state index in [4.69, 9.17) is 0 Å². The zero-order chi connectivity index (χ0) is 17.9. The maximum Gasteiger partial charge on any atom is 0.227 e. The molecular formula is C19H21N5OS. The number of rotatable bonds is 4. The van der Waals surface area contributed by atoms with Crippen LogP contribution in [0.25, 0.3) is 10.2 Å². The van der Waals surface area contributed by atoms with Crippen molar-refractivity contribution in [3.05, 3.63) is 41.8 Å². The van der Waals surface area contributed by atoms with Gasteiger partial charge in [0.2, 0.25) is 5.91 Å². The van der Waals surface area contributed by atoms with Crippen LogP contribution in [0, 0.1) is 5.92 Å². The van der Waals surface area contributed by atoms with Crippen molar-refractivity contribution in [1.29, 1.82) is 0 Å². The summed E-state index contributed by atoms with van der Waals surface area (Å²) in [6, 6.07) is 5.89. The van der Waals surface area contributed by atoms with Crippen LogP contribution in [0.2, 0.25) is 0 Å². The standard InChI is InChI=1S/C19H21N5OS/c1-2-15-10-16-17(21-12-22-19(16)26-15)24-8-5-13(6-9-24)18(25)23-14-4-3-7-20-11-14/h3-4,7,10-13H,2,5-6,8-9H2,1H3,(H,23,25). The van der Waals surface area contributed by atoms with Crippen LogP contribution < -0.4 is 10.2 Å². The van der Waals surface area contributed by atoms with Crippen molar-refractivity contribution in [3.63, 3.8) is 0 Å². The van der Waals surface area contributed by atoms with Crippen LogP contribution in [0.1, 0.15) is 24.6 Å². The normalized spacial score (nSPS) is 15.3. The number of anilines is 2. The molecule has 0 unspecified atom stereocenters. The van der Waals surface area contributed by atoms with Gasteiger partial charge < -0.3 is 10.2 Å². The molecule has 1 aliphatic heterocycles.